The largest absolute Gasteiger partial charge is 0.365 e. The lowest BCUT2D eigenvalue weighted by Crippen LogP contribution is -2.20. The number of rotatable bonds is 5. The van der Waals surface area contributed by atoms with Crippen LogP contribution in [-0.2, 0) is 4.84 Å². The number of aryl methyl sites for hydroxylation is 1. The molecule has 0 aliphatic heterocycles. The Balaban J connectivity index is 1.91. The minimum Gasteiger partial charge on any atom is -0.313 e. The predicted molar refractivity (Wildman–Crippen MR) is 105 cm³/mol. The number of oxime groups is 1. The van der Waals surface area contributed by atoms with E-state index in [-0.39, 0.29) is 11.4 Å². The zero-order chi connectivity index (χ0) is 21.0. The van der Waals surface area contributed by atoms with Gasteiger partial charge in [0.25, 0.3) is 11.4 Å². The Bertz CT molecular complexity index is 1000. The molecule has 2 aromatic carbocycles. The maximum Gasteiger partial charge on any atom is 0.365 e. The molecule has 0 amide bonds. The van der Waals surface area contributed by atoms with E-state index in [1.54, 1.807) is 25.1 Å². The summed E-state index contributed by atoms with van der Waals surface area (Å²) < 4.78 is 0. The van der Waals surface area contributed by atoms with E-state index >= 15 is 0 Å². The van der Waals surface area contributed by atoms with Crippen LogP contribution in [0.15, 0.2) is 47.6 Å². The summed E-state index contributed by atoms with van der Waals surface area (Å²) in [6, 6.07) is 10.5. The van der Waals surface area contributed by atoms with Gasteiger partial charge < -0.3 is 4.84 Å². The second kappa shape index (κ2) is 8.59. The second-order valence-corrected chi connectivity index (χ2v) is 6.83. The van der Waals surface area contributed by atoms with E-state index in [2.05, 4.69) is 5.16 Å². The molecule has 0 radical (unpaired) electrons. The van der Waals surface area contributed by atoms with Crippen LogP contribution in [0.5, 0.6) is 0 Å². The van der Waals surface area contributed by atoms with Gasteiger partial charge >= 0.3 is 5.97 Å². The van der Waals surface area contributed by atoms with Gasteiger partial charge in [-0.05, 0) is 43.9 Å². The summed E-state index contributed by atoms with van der Waals surface area (Å²) in [5.74, 6) is -1.03. The molecule has 1 atom stereocenters. The molecule has 0 spiro atoms. The third-order valence-electron chi connectivity index (χ3n) is 4.99. The maximum atomic E-state index is 12.3. The zero-order valence-corrected chi connectivity index (χ0v) is 15.7. The summed E-state index contributed by atoms with van der Waals surface area (Å²) in [6.45, 7) is 1.79. The van der Waals surface area contributed by atoms with Crippen molar-refractivity contribution in [2.24, 2.45) is 5.16 Å². The molecule has 1 unspecified atom stereocenters. The van der Waals surface area contributed by atoms with Crippen LogP contribution in [-0.4, -0.2) is 21.5 Å². The van der Waals surface area contributed by atoms with Crippen LogP contribution in [0.3, 0.4) is 0 Å². The van der Waals surface area contributed by atoms with Gasteiger partial charge in [-0.3, -0.25) is 20.2 Å². The molecule has 2 aromatic rings. The van der Waals surface area contributed by atoms with Crippen LogP contribution in [0, 0.1) is 27.2 Å². The van der Waals surface area contributed by atoms with E-state index < -0.39 is 21.7 Å². The third kappa shape index (κ3) is 4.45. The Hall–Kier alpha value is -3.62. The van der Waals surface area contributed by atoms with Gasteiger partial charge in [-0.1, -0.05) is 29.8 Å². The van der Waals surface area contributed by atoms with Crippen molar-refractivity contribution in [3.05, 3.63) is 79.4 Å². The van der Waals surface area contributed by atoms with Gasteiger partial charge in [0.1, 0.15) is 0 Å². The average Bonchev–Trinajstić information content (AvgIpc) is 2.72. The predicted octanol–water partition coefficient (Wildman–Crippen LogP) is 4.68. The van der Waals surface area contributed by atoms with E-state index in [1.165, 1.54) is 12.1 Å². The van der Waals surface area contributed by atoms with Crippen molar-refractivity contribution in [3.63, 3.8) is 0 Å². The molecule has 1 saturated carbocycles. The number of carbonyl (C=O) groups excluding carboxylic acids is 1. The fraction of sp³-hybridized carbons (Fsp3) is 0.300. The molecule has 0 N–H and O–H groups in total. The Morgan fingerprint density at radius 1 is 1.10 bits per heavy atom. The minimum absolute atomic E-state index is 0.330. The normalized spacial score (nSPS) is 17.7. The lowest BCUT2D eigenvalue weighted by atomic mass is 9.81. The molecule has 0 heterocycles. The Morgan fingerprint density at radius 2 is 1.86 bits per heavy atom. The van der Waals surface area contributed by atoms with Crippen molar-refractivity contribution in [1.82, 2.24) is 0 Å². The number of carbonyl (C=O) groups is 1. The Labute approximate surface area is 166 Å². The van der Waals surface area contributed by atoms with Crippen molar-refractivity contribution in [1.29, 1.82) is 0 Å². The van der Waals surface area contributed by atoms with Gasteiger partial charge in [0.05, 0.1) is 27.2 Å². The van der Waals surface area contributed by atoms with Crippen LogP contribution in [0.1, 0.15) is 53.1 Å². The number of benzene rings is 2. The van der Waals surface area contributed by atoms with Gasteiger partial charge in [-0.15, -0.1) is 0 Å². The topological polar surface area (TPSA) is 125 Å². The van der Waals surface area contributed by atoms with Gasteiger partial charge in [0, 0.05) is 17.5 Å². The quantitative estimate of drug-likeness (QED) is 0.410. The van der Waals surface area contributed by atoms with Crippen molar-refractivity contribution in [2.75, 3.05) is 0 Å². The smallest absolute Gasteiger partial charge is 0.313 e. The number of non-ortho nitro benzene ring substituents is 1. The first kappa shape index (κ1) is 20.1. The van der Waals surface area contributed by atoms with E-state index in [0.29, 0.717) is 29.7 Å². The van der Waals surface area contributed by atoms with Crippen molar-refractivity contribution < 1.29 is 19.5 Å². The second-order valence-electron chi connectivity index (χ2n) is 6.83. The van der Waals surface area contributed by atoms with Crippen molar-refractivity contribution >= 4 is 23.1 Å². The fourth-order valence-corrected chi connectivity index (χ4v) is 3.49. The van der Waals surface area contributed by atoms with Gasteiger partial charge in [-0.2, -0.15) is 0 Å². The summed E-state index contributed by atoms with van der Waals surface area (Å²) >= 11 is 0. The summed E-state index contributed by atoms with van der Waals surface area (Å²) in [5.41, 5.74) is 1.33. The van der Waals surface area contributed by atoms with Gasteiger partial charge in [0.2, 0.25) is 0 Å². The van der Waals surface area contributed by atoms with Gasteiger partial charge in [0.15, 0.2) is 0 Å². The average molecular weight is 397 g/mol. The number of nitro benzene ring substituents is 2. The van der Waals surface area contributed by atoms with E-state index in [4.69, 9.17) is 4.84 Å². The molecule has 1 aliphatic carbocycles. The number of hydrogen-bond donors (Lipinski definition) is 0. The molecule has 1 fully saturated rings. The maximum absolute atomic E-state index is 12.3. The SMILES string of the molecule is Cc1ccccc1C(=O)O/N=C1/CCCCC1c1ccc([N+](=O)[O-])cc1[N+](=O)[O-]. The zero-order valence-electron chi connectivity index (χ0n) is 15.7. The lowest BCUT2D eigenvalue weighted by Gasteiger charge is -2.23. The van der Waals surface area contributed by atoms with Crippen LogP contribution >= 0.6 is 0 Å². The molecule has 150 valence electrons. The van der Waals surface area contributed by atoms with E-state index in [1.807, 2.05) is 6.07 Å². The molecule has 0 saturated heterocycles. The van der Waals surface area contributed by atoms with Crippen molar-refractivity contribution in [2.45, 2.75) is 38.5 Å². The molecule has 0 aromatic heterocycles. The molecular formula is C20H19N3O6. The first-order valence-corrected chi connectivity index (χ1v) is 9.15. The molecule has 1 aliphatic rings. The fourth-order valence-electron chi connectivity index (χ4n) is 3.49. The van der Waals surface area contributed by atoms with Crippen LogP contribution in [0.25, 0.3) is 0 Å². The molecule has 9 nitrogen and oxygen atoms in total. The summed E-state index contributed by atoms with van der Waals surface area (Å²) in [4.78, 5) is 38.6. The van der Waals surface area contributed by atoms with Crippen molar-refractivity contribution in [3.8, 4) is 0 Å². The Kier molecular flexibility index (Phi) is 5.96. The highest BCUT2D eigenvalue weighted by atomic mass is 16.7. The first-order chi connectivity index (χ1) is 13.9. The summed E-state index contributed by atoms with van der Waals surface area (Å²) in [6.07, 6.45) is 2.75. The van der Waals surface area contributed by atoms with Gasteiger partial charge in [-0.25, -0.2) is 4.79 Å². The number of nitro groups is 2. The number of hydrogen-bond acceptors (Lipinski definition) is 7. The molecule has 3 rings (SSSR count). The lowest BCUT2D eigenvalue weighted by molar-refractivity contribution is -0.394. The Morgan fingerprint density at radius 3 is 2.55 bits per heavy atom. The highest BCUT2D eigenvalue weighted by Crippen LogP contribution is 2.37. The highest BCUT2D eigenvalue weighted by Gasteiger charge is 2.31. The van der Waals surface area contributed by atoms with Crippen LogP contribution < -0.4 is 0 Å². The highest BCUT2D eigenvalue weighted by molar-refractivity contribution is 5.94. The molecule has 9 heteroatoms. The summed E-state index contributed by atoms with van der Waals surface area (Å²) in [7, 11) is 0. The first-order valence-electron chi connectivity index (χ1n) is 9.15. The third-order valence-corrected chi connectivity index (χ3v) is 4.99. The molecule has 0 bridgehead atoms. The number of nitrogens with zero attached hydrogens (tertiary/aromatic N) is 3. The minimum atomic E-state index is -0.670. The summed E-state index contributed by atoms with van der Waals surface area (Å²) in [5, 5.41) is 26.5. The standard InChI is InChI=1S/C20H19N3O6/c1-13-6-2-3-7-15(13)20(24)29-21-18-9-5-4-8-16(18)17-11-10-14(22(25)26)12-19(17)23(27)28/h2-3,6-7,10-12,16H,4-5,8-9H2,1H3/b21-18-. The van der Waals surface area contributed by atoms with Crippen LogP contribution in [0.2, 0.25) is 0 Å². The van der Waals surface area contributed by atoms with E-state index in [0.717, 1.165) is 24.5 Å². The molecule has 29 heavy (non-hydrogen) atoms. The van der Waals surface area contributed by atoms with Crippen LogP contribution in [0.4, 0.5) is 11.4 Å². The van der Waals surface area contributed by atoms with E-state index in [9.17, 15) is 25.0 Å². The molecular weight excluding hydrogens is 378 g/mol. The monoisotopic (exact) mass is 397 g/mol.